The zero-order valence-electron chi connectivity index (χ0n) is 14.9. The van der Waals surface area contributed by atoms with E-state index in [1.807, 2.05) is 0 Å². The van der Waals surface area contributed by atoms with Crippen LogP contribution in [0, 0.1) is 0 Å². The summed E-state index contributed by atoms with van der Waals surface area (Å²) < 4.78 is 10.5. The normalized spacial score (nSPS) is 13.3. The lowest BCUT2D eigenvalue weighted by molar-refractivity contribution is 0.181. The number of carbonyl (C=O) groups is 2. The summed E-state index contributed by atoms with van der Waals surface area (Å²) in [5, 5.41) is 3.45. The highest BCUT2D eigenvalue weighted by atomic mass is 35.5. The molecule has 1 N–H and O–H groups in total. The minimum Gasteiger partial charge on any atom is -0.492 e. The Morgan fingerprint density at radius 3 is 2.78 bits per heavy atom. The quantitative estimate of drug-likeness (QED) is 0.814. The van der Waals surface area contributed by atoms with E-state index in [4.69, 9.17) is 21.1 Å². The first kappa shape index (κ1) is 18.8. The number of nitrogens with one attached hydrogen (secondary N) is 1. The summed E-state index contributed by atoms with van der Waals surface area (Å²) >= 11 is 5.83. The summed E-state index contributed by atoms with van der Waals surface area (Å²) in [6, 6.07) is 13.9. The number of carbonyl (C=O) groups excluding carboxylic acids is 2. The highest BCUT2D eigenvalue weighted by Crippen LogP contribution is 2.22. The van der Waals surface area contributed by atoms with Crippen LogP contribution in [0.5, 0.6) is 5.75 Å². The first-order valence-corrected chi connectivity index (χ1v) is 8.85. The molecule has 0 saturated carbocycles. The third-order valence-electron chi connectivity index (χ3n) is 4.03. The van der Waals surface area contributed by atoms with Crippen molar-refractivity contribution in [3.8, 4) is 5.75 Å². The van der Waals surface area contributed by atoms with Gasteiger partial charge in [-0.05, 0) is 42.5 Å². The molecule has 1 fully saturated rings. The lowest BCUT2D eigenvalue weighted by atomic mass is 10.2. The Bertz CT molecular complexity index is 813. The largest absolute Gasteiger partial charge is 0.492 e. The monoisotopic (exact) mass is 389 g/mol. The van der Waals surface area contributed by atoms with Crippen LogP contribution in [0.1, 0.15) is 0 Å². The maximum Gasteiger partial charge on any atom is 0.414 e. The molecule has 2 aromatic carbocycles. The number of amides is 3. The van der Waals surface area contributed by atoms with Crippen molar-refractivity contribution in [3.63, 3.8) is 0 Å². The highest BCUT2D eigenvalue weighted by Gasteiger charge is 2.23. The number of cyclic esters (lactones) is 1. The highest BCUT2D eigenvalue weighted by molar-refractivity contribution is 6.30. The number of rotatable bonds is 6. The molecule has 7 nitrogen and oxygen atoms in total. The number of hydrogen-bond donors (Lipinski definition) is 1. The molecular weight excluding hydrogens is 370 g/mol. The van der Waals surface area contributed by atoms with Crippen molar-refractivity contribution >= 4 is 35.1 Å². The fraction of sp³-hybridized carbons (Fsp3) is 0.263. The second kappa shape index (κ2) is 8.64. The fourth-order valence-corrected chi connectivity index (χ4v) is 2.66. The van der Waals surface area contributed by atoms with Gasteiger partial charge in [-0.3, -0.25) is 4.90 Å². The van der Waals surface area contributed by atoms with Crippen molar-refractivity contribution in [1.82, 2.24) is 4.90 Å². The second-order valence-corrected chi connectivity index (χ2v) is 6.41. The Kier molecular flexibility index (Phi) is 6.03. The Hall–Kier alpha value is -2.93. The summed E-state index contributed by atoms with van der Waals surface area (Å²) in [5.41, 5.74) is 1.28. The van der Waals surface area contributed by atoms with E-state index in [2.05, 4.69) is 5.32 Å². The minimum atomic E-state index is -0.380. The molecule has 0 aliphatic carbocycles. The third kappa shape index (κ3) is 5.04. The molecule has 27 heavy (non-hydrogen) atoms. The van der Waals surface area contributed by atoms with E-state index in [0.717, 1.165) is 0 Å². The molecule has 1 saturated heterocycles. The van der Waals surface area contributed by atoms with Gasteiger partial charge in [0.05, 0.1) is 13.1 Å². The second-order valence-electron chi connectivity index (χ2n) is 5.97. The van der Waals surface area contributed by atoms with Gasteiger partial charge in [-0.15, -0.1) is 0 Å². The standard InChI is InChI=1S/C19H20ClN3O4/c1-22(9-11-26-17-7-5-14(20)6-8-17)18(24)21-15-3-2-4-16(13-15)23-10-12-27-19(23)25/h2-8,13H,9-12H2,1H3,(H,21,24). The fourth-order valence-electron chi connectivity index (χ4n) is 2.53. The molecule has 2 aromatic rings. The summed E-state index contributed by atoms with van der Waals surface area (Å²) in [7, 11) is 1.68. The maximum atomic E-state index is 12.3. The predicted octanol–water partition coefficient (Wildman–Crippen LogP) is 3.84. The van der Waals surface area contributed by atoms with E-state index >= 15 is 0 Å². The molecule has 0 radical (unpaired) electrons. The van der Waals surface area contributed by atoms with Gasteiger partial charge in [-0.2, -0.15) is 0 Å². The summed E-state index contributed by atoms with van der Waals surface area (Å²) in [6.07, 6.45) is -0.380. The van der Waals surface area contributed by atoms with Gasteiger partial charge in [0, 0.05) is 23.4 Å². The number of hydrogen-bond acceptors (Lipinski definition) is 4. The Labute approximate surface area is 162 Å². The average Bonchev–Trinajstić information content (AvgIpc) is 3.09. The van der Waals surface area contributed by atoms with E-state index in [1.54, 1.807) is 55.6 Å². The van der Waals surface area contributed by atoms with Gasteiger partial charge in [-0.1, -0.05) is 17.7 Å². The van der Waals surface area contributed by atoms with Crippen LogP contribution in [0.2, 0.25) is 5.02 Å². The number of ether oxygens (including phenoxy) is 2. The molecule has 142 valence electrons. The number of likely N-dealkylation sites (N-methyl/N-ethyl adjacent to an activating group) is 1. The van der Waals surface area contributed by atoms with E-state index < -0.39 is 0 Å². The van der Waals surface area contributed by atoms with Crippen molar-refractivity contribution in [2.24, 2.45) is 0 Å². The third-order valence-corrected chi connectivity index (χ3v) is 4.28. The topological polar surface area (TPSA) is 71.1 Å². The first-order valence-electron chi connectivity index (χ1n) is 8.48. The van der Waals surface area contributed by atoms with E-state index in [0.29, 0.717) is 48.5 Å². The molecule has 0 aromatic heterocycles. The predicted molar refractivity (Wildman–Crippen MR) is 104 cm³/mol. The van der Waals surface area contributed by atoms with Gasteiger partial charge >= 0.3 is 12.1 Å². The van der Waals surface area contributed by atoms with Gasteiger partial charge in [0.1, 0.15) is 19.0 Å². The molecule has 8 heteroatoms. The molecule has 0 atom stereocenters. The number of anilines is 2. The smallest absolute Gasteiger partial charge is 0.414 e. The molecular formula is C19H20ClN3O4. The van der Waals surface area contributed by atoms with Gasteiger partial charge < -0.3 is 19.7 Å². The van der Waals surface area contributed by atoms with Crippen LogP contribution in [-0.4, -0.2) is 50.4 Å². The van der Waals surface area contributed by atoms with Gasteiger partial charge in [0.2, 0.25) is 0 Å². The van der Waals surface area contributed by atoms with Crippen molar-refractivity contribution in [1.29, 1.82) is 0 Å². The van der Waals surface area contributed by atoms with Crippen molar-refractivity contribution in [3.05, 3.63) is 53.6 Å². The van der Waals surface area contributed by atoms with Crippen molar-refractivity contribution in [2.45, 2.75) is 0 Å². The van der Waals surface area contributed by atoms with Crippen LogP contribution in [0.3, 0.4) is 0 Å². The Morgan fingerprint density at radius 1 is 1.30 bits per heavy atom. The van der Waals surface area contributed by atoms with Crippen LogP contribution >= 0.6 is 11.6 Å². The van der Waals surface area contributed by atoms with E-state index in [1.165, 1.54) is 9.80 Å². The van der Waals surface area contributed by atoms with Gasteiger partial charge in [-0.25, -0.2) is 9.59 Å². The van der Waals surface area contributed by atoms with Crippen molar-refractivity contribution < 1.29 is 19.1 Å². The molecule has 3 rings (SSSR count). The van der Waals surface area contributed by atoms with Gasteiger partial charge in [0.25, 0.3) is 0 Å². The van der Waals surface area contributed by atoms with E-state index in [-0.39, 0.29) is 12.1 Å². The molecule has 0 unspecified atom stereocenters. The minimum absolute atomic E-state index is 0.268. The molecule has 0 spiro atoms. The zero-order valence-corrected chi connectivity index (χ0v) is 15.6. The lowest BCUT2D eigenvalue weighted by Crippen LogP contribution is -2.34. The summed E-state index contributed by atoms with van der Waals surface area (Å²) in [6.45, 7) is 1.63. The lowest BCUT2D eigenvalue weighted by Gasteiger charge is -2.19. The number of urea groups is 1. The van der Waals surface area contributed by atoms with Crippen LogP contribution in [-0.2, 0) is 4.74 Å². The summed E-state index contributed by atoms with van der Waals surface area (Å²) in [5.74, 6) is 0.693. The molecule has 3 amide bonds. The van der Waals surface area contributed by atoms with E-state index in [9.17, 15) is 9.59 Å². The molecule has 0 bridgehead atoms. The molecule has 1 heterocycles. The Balaban J connectivity index is 1.50. The van der Waals surface area contributed by atoms with Crippen molar-refractivity contribution in [2.75, 3.05) is 43.6 Å². The van der Waals surface area contributed by atoms with Crippen LogP contribution in [0.25, 0.3) is 0 Å². The molecule has 1 aliphatic heterocycles. The van der Waals surface area contributed by atoms with Crippen LogP contribution in [0.4, 0.5) is 21.0 Å². The summed E-state index contributed by atoms with van der Waals surface area (Å²) in [4.78, 5) is 27.0. The van der Waals surface area contributed by atoms with Crippen LogP contribution < -0.4 is 15.0 Å². The zero-order chi connectivity index (χ0) is 19.2. The Morgan fingerprint density at radius 2 is 2.07 bits per heavy atom. The molecule has 1 aliphatic rings. The van der Waals surface area contributed by atoms with Gasteiger partial charge in [0.15, 0.2) is 0 Å². The maximum absolute atomic E-state index is 12.3. The number of nitrogens with zero attached hydrogens (tertiary/aromatic N) is 2. The number of benzene rings is 2. The van der Waals surface area contributed by atoms with Crippen LogP contribution in [0.15, 0.2) is 48.5 Å². The first-order chi connectivity index (χ1) is 13.0. The number of halogens is 1. The SMILES string of the molecule is CN(CCOc1ccc(Cl)cc1)C(=O)Nc1cccc(N2CCOC2=O)c1. The average molecular weight is 390 g/mol.